The molecule has 230 valence electrons. The van der Waals surface area contributed by atoms with Crippen LogP contribution in [0.5, 0.6) is 17.2 Å². The fraction of sp³-hybridized carbons (Fsp3) is 0.500. The highest BCUT2D eigenvalue weighted by Gasteiger charge is 2.33. The summed E-state index contributed by atoms with van der Waals surface area (Å²) >= 11 is 0. The van der Waals surface area contributed by atoms with Crippen LogP contribution in [0.3, 0.4) is 0 Å². The van der Waals surface area contributed by atoms with Crippen molar-refractivity contribution >= 4 is 23.8 Å². The van der Waals surface area contributed by atoms with Crippen LogP contribution in [-0.2, 0) is 10.8 Å². The minimum absolute atomic E-state index is 0.137. The number of hydrogen-bond donors (Lipinski definition) is 1. The Morgan fingerprint density at radius 3 is 1.40 bits per heavy atom. The standard InChI is InChI=1S/C36H53N2O3P/c1-25-21-27(35(3,4)5)33(40-19-17-37(9)10)31(23-25)42(30-16-14-13-15-29(30)39)32-24-26(2)22-28(36(6,7)8)34(32)41-20-18-38(11)12/h13-16,21-24,39H,17-20H2,1-12H3. The van der Waals surface area contributed by atoms with Gasteiger partial charge >= 0.3 is 0 Å². The average Bonchev–Trinajstić information content (AvgIpc) is 2.85. The second kappa shape index (κ2) is 13.8. The molecular weight excluding hydrogens is 539 g/mol. The molecule has 0 bridgehead atoms. The summed E-state index contributed by atoms with van der Waals surface area (Å²) in [5.74, 6) is 2.13. The lowest BCUT2D eigenvalue weighted by atomic mass is 9.85. The number of hydrogen-bond acceptors (Lipinski definition) is 5. The summed E-state index contributed by atoms with van der Waals surface area (Å²) in [6.45, 7) is 20.5. The largest absolute Gasteiger partial charge is 0.507 e. The van der Waals surface area contributed by atoms with Crippen molar-refractivity contribution in [3.63, 3.8) is 0 Å². The van der Waals surface area contributed by atoms with Crippen molar-refractivity contribution in [3.05, 3.63) is 70.8 Å². The number of phenolic OH excluding ortho intramolecular Hbond substituents is 1. The van der Waals surface area contributed by atoms with Gasteiger partial charge in [-0.1, -0.05) is 71.9 Å². The second-order valence-electron chi connectivity index (χ2n) is 13.9. The third-order valence-corrected chi connectivity index (χ3v) is 9.71. The van der Waals surface area contributed by atoms with Crippen LogP contribution in [0.2, 0.25) is 0 Å². The Hall–Kier alpha value is -2.59. The zero-order valence-corrected chi connectivity index (χ0v) is 28.9. The van der Waals surface area contributed by atoms with Crippen LogP contribution in [0, 0.1) is 13.8 Å². The van der Waals surface area contributed by atoms with Gasteiger partial charge in [-0.25, -0.2) is 0 Å². The predicted octanol–water partition coefficient (Wildman–Crippen LogP) is 6.24. The smallest absolute Gasteiger partial charge is 0.131 e. The molecule has 0 saturated carbocycles. The van der Waals surface area contributed by atoms with Crippen molar-refractivity contribution in [1.29, 1.82) is 0 Å². The molecule has 0 saturated heterocycles. The van der Waals surface area contributed by atoms with E-state index >= 15 is 0 Å². The van der Waals surface area contributed by atoms with E-state index in [0.717, 1.165) is 40.5 Å². The van der Waals surface area contributed by atoms with Gasteiger partial charge in [0.25, 0.3) is 0 Å². The first-order valence-corrected chi connectivity index (χ1v) is 16.3. The molecule has 5 nitrogen and oxygen atoms in total. The van der Waals surface area contributed by atoms with Gasteiger partial charge in [0.1, 0.15) is 30.5 Å². The molecule has 0 atom stereocenters. The number of phenols is 1. The van der Waals surface area contributed by atoms with Gasteiger partial charge in [0.15, 0.2) is 0 Å². The molecule has 0 amide bonds. The molecule has 3 aromatic carbocycles. The van der Waals surface area contributed by atoms with E-state index in [4.69, 9.17) is 9.47 Å². The van der Waals surface area contributed by atoms with E-state index in [9.17, 15) is 5.11 Å². The van der Waals surface area contributed by atoms with Gasteiger partial charge in [-0.05, 0) is 90.1 Å². The topological polar surface area (TPSA) is 45.2 Å². The molecule has 42 heavy (non-hydrogen) atoms. The summed E-state index contributed by atoms with van der Waals surface area (Å²) in [6, 6.07) is 16.8. The van der Waals surface area contributed by atoms with E-state index in [0.29, 0.717) is 19.0 Å². The molecule has 0 aliphatic heterocycles. The maximum atomic E-state index is 11.4. The third-order valence-electron chi connectivity index (χ3n) is 7.22. The second-order valence-corrected chi connectivity index (χ2v) is 16.1. The van der Waals surface area contributed by atoms with Gasteiger partial charge in [-0.2, -0.15) is 0 Å². The van der Waals surface area contributed by atoms with Crippen LogP contribution in [0.25, 0.3) is 0 Å². The number of para-hydroxylation sites is 1. The Labute approximate surface area is 256 Å². The van der Waals surface area contributed by atoms with E-state index in [2.05, 4.69) is 124 Å². The van der Waals surface area contributed by atoms with Gasteiger partial charge in [-0.15, -0.1) is 0 Å². The quantitative estimate of drug-likeness (QED) is 0.267. The molecule has 0 aromatic heterocycles. The maximum Gasteiger partial charge on any atom is 0.131 e. The van der Waals surface area contributed by atoms with Gasteiger partial charge in [0, 0.05) is 40.1 Å². The highest BCUT2D eigenvalue weighted by Crippen LogP contribution is 2.47. The van der Waals surface area contributed by atoms with Crippen molar-refractivity contribution < 1.29 is 14.6 Å². The first-order chi connectivity index (χ1) is 19.5. The minimum atomic E-state index is -1.26. The maximum absolute atomic E-state index is 11.4. The molecule has 0 aliphatic rings. The van der Waals surface area contributed by atoms with Crippen LogP contribution < -0.4 is 25.4 Å². The number of likely N-dealkylation sites (N-methyl/N-ethyl adjacent to an activating group) is 2. The first-order valence-electron chi connectivity index (χ1n) is 14.9. The SMILES string of the molecule is Cc1cc(P(c2ccccc2O)c2cc(C)cc(C(C)(C)C)c2OCCN(C)C)c(OCCN(C)C)c(C(C)(C)C)c1. The fourth-order valence-electron chi connectivity index (χ4n) is 4.96. The molecule has 0 aliphatic carbocycles. The molecule has 0 radical (unpaired) electrons. The Kier molecular flexibility index (Phi) is 11.1. The van der Waals surface area contributed by atoms with E-state index in [1.165, 1.54) is 22.3 Å². The molecule has 1 N–H and O–H groups in total. The molecule has 3 aromatic rings. The summed E-state index contributed by atoms with van der Waals surface area (Å²) in [6.07, 6.45) is 0. The Morgan fingerprint density at radius 2 is 1.05 bits per heavy atom. The van der Waals surface area contributed by atoms with E-state index in [1.54, 1.807) is 6.07 Å². The lowest BCUT2D eigenvalue weighted by Crippen LogP contribution is -2.30. The highest BCUT2D eigenvalue weighted by molar-refractivity contribution is 7.80. The van der Waals surface area contributed by atoms with Crippen LogP contribution in [0.4, 0.5) is 0 Å². The van der Waals surface area contributed by atoms with Crippen LogP contribution in [0.1, 0.15) is 63.8 Å². The van der Waals surface area contributed by atoms with Crippen LogP contribution in [0.15, 0.2) is 48.5 Å². The highest BCUT2D eigenvalue weighted by atomic mass is 31.1. The van der Waals surface area contributed by atoms with E-state index < -0.39 is 7.92 Å². The summed E-state index contributed by atoms with van der Waals surface area (Å²) in [5, 5.41) is 14.5. The molecular formula is C36H53N2O3P. The summed E-state index contributed by atoms with van der Waals surface area (Å²) in [7, 11) is 7.01. The molecule has 0 fully saturated rings. The van der Waals surface area contributed by atoms with Gasteiger partial charge in [0.05, 0.1) is 0 Å². The lowest BCUT2D eigenvalue weighted by Gasteiger charge is -2.32. The summed E-state index contributed by atoms with van der Waals surface area (Å²) in [4.78, 5) is 4.28. The fourth-order valence-corrected chi connectivity index (χ4v) is 7.72. The lowest BCUT2D eigenvalue weighted by molar-refractivity contribution is 0.258. The molecule has 0 unspecified atom stereocenters. The molecule has 0 heterocycles. The van der Waals surface area contributed by atoms with Crippen molar-refractivity contribution in [1.82, 2.24) is 9.80 Å². The minimum Gasteiger partial charge on any atom is -0.507 e. The molecule has 0 spiro atoms. The van der Waals surface area contributed by atoms with Gasteiger partial charge in [-0.3, -0.25) is 0 Å². The van der Waals surface area contributed by atoms with Gasteiger partial charge in [0.2, 0.25) is 0 Å². The Balaban J connectivity index is 2.46. The normalized spacial score (nSPS) is 12.5. The van der Waals surface area contributed by atoms with E-state index in [-0.39, 0.29) is 10.8 Å². The molecule has 6 heteroatoms. The number of benzene rings is 3. The van der Waals surface area contributed by atoms with Gasteiger partial charge < -0.3 is 24.4 Å². The van der Waals surface area contributed by atoms with Crippen molar-refractivity contribution in [3.8, 4) is 17.2 Å². The summed E-state index contributed by atoms with van der Waals surface area (Å²) < 4.78 is 13.5. The number of aryl methyl sites for hydroxylation is 2. The van der Waals surface area contributed by atoms with E-state index in [1.807, 2.05) is 12.1 Å². The monoisotopic (exact) mass is 592 g/mol. The average molecular weight is 593 g/mol. The van der Waals surface area contributed by atoms with Crippen molar-refractivity contribution in [2.75, 3.05) is 54.5 Å². The van der Waals surface area contributed by atoms with Crippen LogP contribution >= 0.6 is 7.92 Å². The van der Waals surface area contributed by atoms with Crippen molar-refractivity contribution in [2.45, 2.75) is 66.2 Å². The first kappa shape index (κ1) is 33.9. The van der Waals surface area contributed by atoms with Crippen molar-refractivity contribution in [2.24, 2.45) is 0 Å². The third kappa shape index (κ3) is 8.49. The Morgan fingerprint density at radius 1 is 0.643 bits per heavy atom. The molecule has 3 rings (SSSR count). The Bertz CT molecular complexity index is 1270. The zero-order chi connectivity index (χ0) is 31.4. The summed E-state index contributed by atoms with van der Waals surface area (Å²) in [5.41, 5.74) is 4.44. The number of rotatable bonds is 11. The number of ether oxygens (including phenoxy) is 2. The number of aromatic hydroxyl groups is 1. The number of nitrogens with zero attached hydrogens (tertiary/aromatic N) is 2. The predicted molar refractivity (Wildman–Crippen MR) is 182 cm³/mol. The van der Waals surface area contributed by atoms with Crippen LogP contribution in [-0.4, -0.2) is 69.4 Å². The zero-order valence-electron chi connectivity index (χ0n) is 28.1.